The van der Waals surface area contributed by atoms with Crippen LogP contribution >= 0.6 is 0 Å². The summed E-state index contributed by atoms with van der Waals surface area (Å²) < 4.78 is 30.2. The first-order chi connectivity index (χ1) is 11.8. The molecule has 134 valence electrons. The van der Waals surface area contributed by atoms with Crippen molar-refractivity contribution in [1.82, 2.24) is 0 Å². The molecule has 0 radical (unpaired) electrons. The Hall–Kier alpha value is -1.39. The first-order valence-electron chi connectivity index (χ1n) is 8.10. The van der Waals surface area contributed by atoms with Gasteiger partial charge in [-0.1, -0.05) is 0 Å². The van der Waals surface area contributed by atoms with Crippen LogP contribution in [0.1, 0.15) is 30.6 Å². The van der Waals surface area contributed by atoms with Crippen LogP contribution in [0.15, 0.2) is 77.7 Å². The molecule has 25 heavy (non-hydrogen) atoms. The van der Waals surface area contributed by atoms with Gasteiger partial charge in [0.1, 0.15) is 0 Å². The average Bonchev–Trinajstić information content (AvgIpc) is 2.59. The molecule has 1 unspecified atom stereocenters. The summed E-state index contributed by atoms with van der Waals surface area (Å²) in [7, 11) is -3.77. The van der Waals surface area contributed by atoms with Gasteiger partial charge in [0.25, 0.3) is 0 Å². The Morgan fingerprint density at radius 2 is 1.60 bits per heavy atom. The molecule has 2 aromatic rings. The van der Waals surface area contributed by atoms with Gasteiger partial charge in [-0.25, -0.2) is 0 Å². The van der Waals surface area contributed by atoms with E-state index in [0.29, 0.717) is 19.8 Å². The second-order valence-corrected chi connectivity index (χ2v) is 9.96. The van der Waals surface area contributed by atoms with Crippen molar-refractivity contribution in [3.63, 3.8) is 0 Å². The van der Waals surface area contributed by atoms with Crippen molar-refractivity contribution < 1.29 is 12.6 Å². The van der Waals surface area contributed by atoms with Crippen molar-refractivity contribution in [3.05, 3.63) is 78.4 Å². The second kappa shape index (κ2) is 8.81. The van der Waals surface area contributed by atoms with Crippen molar-refractivity contribution in [3.8, 4) is 0 Å². The predicted molar refractivity (Wildman–Crippen MR) is 103 cm³/mol. The van der Waals surface area contributed by atoms with Crippen LogP contribution in [0, 0.1) is 0 Å². The maximum absolute atomic E-state index is 12.4. The normalized spacial score (nSPS) is 13.9. The van der Waals surface area contributed by atoms with Crippen LogP contribution in [-0.4, -0.2) is 29.0 Å². The standard InChI is InChI=1S/C20H24O3SSe/c1-20(2,23-24(21,22)18-13-8-5-9-14-18)16-10-15-19(25-3)17-11-6-4-7-12-17/h4-14,16,19H,15H2,1-3H3/b16-10+. The van der Waals surface area contributed by atoms with E-state index in [4.69, 9.17) is 4.18 Å². The fourth-order valence-corrected chi connectivity index (χ4v) is 5.20. The molecule has 0 aliphatic heterocycles. The first-order valence-corrected chi connectivity index (χ1v) is 12.2. The molecule has 0 saturated carbocycles. The van der Waals surface area contributed by atoms with Gasteiger partial charge in [-0.3, -0.25) is 0 Å². The topological polar surface area (TPSA) is 43.4 Å². The molecule has 0 amide bonds. The molecule has 2 rings (SSSR count). The SMILES string of the molecule is C[Se]C(C/C=C/C(C)(C)OS(=O)(=O)c1ccccc1)c1ccccc1. The van der Waals surface area contributed by atoms with Crippen LogP contribution < -0.4 is 0 Å². The number of benzene rings is 2. The van der Waals surface area contributed by atoms with Crippen LogP contribution in [0.25, 0.3) is 0 Å². The van der Waals surface area contributed by atoms with Gasteiger partial charge in [0.05, 0.1) is 0 Å². The van der Waals surface area contributed by atoms with E-state index in [1.807, 2.05) is 18.2 Å². The van der Waals surface area contributed by atoms with Gasteiger partial charge in [-0.05, 0) is 0 Å². The zero-order valence-electron chi connectivity index (χ0n) is 14.8. The summed E-state index contributed by atoms with van der Waals surface area (Å²) in [4.78, 5) is 0.655. The van der Waals surface area contributed by atoms with Gasteiger partial charge in [-0.15, -0.1) is 0 Å². The van der Waals surface area contributed by atoms with Gasteiger partial charge in [0.15, 0.2) is 0 Å². The van der Waals surface area contributed by atoms with Crippen LogP contribution in [0.3, 0.4) is 0 Å². The number of allylic oxidation sites excluding steroid dienone is 1. The maximum atomic E-state index is 12.4. The third kappa shape index (κ3) is 6.12. The molecule has 2 aromatic carbocycles. The molecule has 1 atom stereocenters. The van der Waals surface area contributed by atoms with Crippen LogP contribution in [0.2, 0.25) is 5.82 Å². The van der Waals surface area contributed by atoms with Crippen molar-refractivity contribution in [2.24, 2.45) is 0 Å². The van der Waals surface area contributed by atoms with Gasteiger partial charge in [0.2, 0.25) is 0 Å². The Morgan fingerprint density at radius 3 is 2.16 bits per heavy atom. The van der Waals surface area contributed by atoms with E-state index >= 15 is 0 Å². The number of hydrogen-bond acceptors (Lipinski definition) is 3. The molecule has 3 nitrogen and oxygen atoms in total. The quantitative estimate of drug-likeness (QED) is 0.354. The van der Waals surface area contributed by atoms with E-state index < -0.39 is 15.7 Å². The molecule has 5 heteroatoms. The van der Waals surface area contributed by atoms with E-state index in [1.54, 1.807) is 44.2 Å². The molecular formula is C20H24O3SSe. The monoisotopic (exact) mass is 424 g/mol. The van der Waals surface area contributed by atoms with Crippen molar-refractivity contribution in [2.75, 3.05) is 0 Å². The molecule has 0 heterocycles. The van der Waals surface area contributed by atoms with Gasteiger partial charge < -0.3 is 0 Å². The summed E-state index contributed by atoms with van der Waals surface area (Å²) in [5.74, 6) is 2.22. The van der Waals surface area contributed by atoms with Gasteiger partial charge >= 0.3 is 157 Å². The number of rotatable bonds is 8. The summed E-state index contributed by atoms with van der Waals surface area (Å²) in [6.07, 6.45) is 4.75. The molecule has 0 aliphatic rings. The summed E-state index contributed by atoms with van der Waals surface area (Å²) in [5, 5.41) is 0. The third-order valence-corrected chi connectivity index (χ3v) is 7.35. The Bertz CT molecular complexity index is 784. The average molecular weight is 423 g/mol. The van der Waals surface area contributed by atoms with Crippen molar-refractivity contribution in [2.45, 2.75) is 41.4 Å². The van der Waals surface area contributed by atoms with Gasteiger partial charge in [-0.2, -0.15) is 0 Å². The Kier molecular flexibility index (Phi) is 7.03. The zero-order chi connectivity index (χ0) is 18.3. The second-order valence-electron chi connectivity index (χ2n) is 6.23. The fraction of sp³-hybridized carbons (Fsp3) is 0.300. The summed E-state index contributed by atoms with van der Waals surface area (Å²) in [5.41, 5.74) is 0.432. The summed E-state index contributed by atoms with van der Waals surface area (Å²) in [6.45, 7) is 3.53. The van der Waals surface area contributed by atoms with E-state index in [0.717, 1.165) is 6.42 Å². The van der Waals surface area contributed by atoms with Crippen LogP contribution in [0.5, 0.6) is 0 Å². The molecule has 0 aliphatic carbocycles. The first kappa shape index (κ1) is 19.9. The molecule has 0 N–H and O–H groups in total. The van der Waals surface area contributed by atoms with E-state index in [9.17, 15) is 8.42 Å². The fourth-order valence-electron chi connectivity index (χ4n) is 2.46. The zero-order valence-corrected chi connectivity index (χ0v) is 17.3. The minimum atomic E-state index is -3.77. The summed E-state index contributed by atoms with van der Waals surface area (Å²) in [6, 6.07) is 18.6. The van der Waals surface area contributed by atoms with Crippen LogP contribution in [-0.2, 0) is 14.3 Å². The molecule has 0 saturated heterocycles. The molecule has 0 aromatic heterocycles. The third-order valence-electron chi connectivity index (χ3n) is 3.68. The Balaban J connectivity index is 2.04. The van der Waals surface area contributed by atoms with Crippen molar-refractivity contribution in [1.29, 1.82) is 0 Å². The Morgan fingerprint density at radius 1 is 1.04 bits per heavy atom. The molecule has 0 bridgehead atoms. The van der Waals surface area contributed by atoms with Crippen molar-refractivity contribution >= 4 is 25.1 Å². The van der Waals surface area contributed by atoms with E-state index in [-0.39, 0.29) is 4.90 Å². The molecular weight excluding hydrogens is 399 g/mol. The van der Waals surface area contributed by atoms with E-state index in [1.165, 1.54) is 5.56 Å². The molecule has 0 fully saturated rings. The van der Waals surface area contributed by atoms with E-state index in [2.05, 4.69) is 30.1 Å². The molecule has 0 spiro atoms. The van der Waals surface area contributed by atoms with Crippen LogP contribution in [0.4, 0.5) is 0 Å². The van der Waals surface area contributed by atoms with Gasteiger partial charge in [0, 0.05) is 0 Å². The minimum absolute atomic E-state index is 0.176. The Labute approximate surface area is 157 Å². The predicted octanol–water partition coefficient (Wildman–Crippen LogP) is 4.61. The summed E-state index contributed by atoms with van der Waals surface area (Å²) >= 11 is 0.465. The number of hydrogen-bond donors (Lipinski definition) is 0.